The number of hydrogen-bond donors (Lipinski definition) is 2. The quantitative estimate of drug-likeness (QED) is 0.846. The van der Waals surface area contributed by atoms with E-state index in [1.165, 1.54) is 11.1 Å². The fraction of sp³-hybridized carbons (Fsp3) is 0.588. The third-order valence-electron chi connectivity index (χ3n) is 3.88. The monoisotopic (exact) mass is 290 g/mol. The summed E-state index contributed by atoms with van der Waals surface area (Å²) in [6.45, 7) is 5.29. The topological polar surface area (TPSA) is 50.4 Å². The lowest BCUT2D eigenvalue weighted by atomic mass is 9.87. The molecular formula is C17H26N2O2. The van der Waals surface area contributed by atoms with Gasteiger partial charge in [0, 0.05) is 12.6 Å². The Morgan fingerprint density at radius 3 is 2.95 bits per heavy atom. The van der Waals surface area contributed by atoms with E-state index in [1.54, 1.807) is 7.11 Å². The van der Waals surface area contributed by atoms with Gasteiger partial charge >= 0.3 is 0 Å². The summed E-state index contributed by atoms with van der Waals surface area (Å²) in [5.74, 6) is 1.43. The second-order valence-corrected chi connectivity index (χ2v) is 6.09. The van der Waals surface area contributed by atoms with Crippen molar-refractivity contribution in [2.75, 3.05) is 20.2 Å². The molecule has 2 rings (SSSR count). The minimum atomic E-state index is 0.0683. The van der Waals surface area contributed by atoms with E-state index in [0.717, 1.165) is 31.6 Å². The van der Waals surface area contributed by atoms with Crippen molar-refractivity contribution in [2.45, 2.75) is 39.2 Å². The Morgan fingerprint density at radius 1 is 1.43 bits per heavy atom. The van der Waals surface area contributed by atoms with Crippen molar-refractivity contribution in [2.24, 2.45) is 5.92 Å². The third kappa shape index (κ3) is 4.46. The lowest BCUT2D eigenvalue weighted by molar-refractivity contribution is -0.120. The zero-order chi connectivity index (χ0) is 15.2. The average Bonchev–Trinajstić information content (AvgIpc) is 2.50. The van der Waals surface area contributed by atoms with Crippen LogP contribution in [0.5, 0.6) is 5.75 Å². The van der Waals surface area contributed by atoms with Crippen molar-refractivity contribution in [3.8, 4) is 5.75 Å². The Bertz CT molecular complexity index is 486. The van der Waals surface area contributed by atoms with Gasteiger partial charge in [-0.05, 0) is 48.4 Å². The summed E-state index contributed by atoms with van der Waals surface area (Å²) in [6.07, 6.45) is 3.33. The number of rotatable bonds is 6. The number of hydrogen-bond acceptors (Lipinski definition) is 3. The number of nitrogens with one attached hydrogen (secondary N) is 2. The maximum absolute atomic E-state index is 11.8. The zero-order valence-electron chi connectivity index (χ0n) is 13.2. The van der Waals surface area contributed by atoms with Crippen LogP contribution in [0.2, 0.25) is 0 Å². The molecule has 4 heteroatoms. The summed E-state index contributed by atoms with van der Waals surface area (Å²) >= 11 is 0. The highest BCUT2D eigenvalue weighted by Crippen LogP contribution is 2.32. The summed E-state index contributed by atoms with van der Waals surface area (Å²) in [4.78, 5) is 11.8. The molecule has 0 aromatic heterocycles. The molecule has 4 nitrogen and oxygen atoms in total. The van der Waals surface area contributed by atoms with E-state index in [1.807, 2.05) is 6.07 Å². The van der Waals surface area contributed by atoms with Crippen molar-refractivity contribution in [1.29, 1.82) is 0 Å². The average molecular weight is 290 g/mol. The van der Waals surface area contributed by atoms with Gasteiger partial charge in [0.05, 0.1) is 13.7 Å². The van der Waals surface area contributed by atoms with Crippen LogP contribution in [0.4, 0.5) is 0 Å². The number of ether oxygens (including phenoxy) is 1. The molecule has 2 N–H and O–H groups in total. The van der Waals surface area contributed by atoms with E-state index in [9.17, 15) is 4.79 Å². The van der Waals surface area contributed by atoms with Crippen LogP contribution in [-0.2, 0) is 11.2 Å². The van der Waals surface area contributed by atoms with E-state index in [-0.39, 0.29) is 11.9 Å². The highest BCUT2D eigenvalue weighted by Gasteiger charge is 2.21. The molecule has 0 saturated heterocycles. The van der Waals surface area contributed by atoms with Crippen LogP contribution in [0.25, 0.3) is 0 Å². The minimum absolute atomic E-state index is 0.0683. The highest BCUT2D eigenvalue weighted by atomic mass is 16.5. The van der Waals surface area contributed by atoms with Gasteiger partial charge in [-0.2, -0.15) is 0 Å². The van der Waals surface area contributed by atoms with Gasteiger partial charge in [-0.1, -0.05) is 19.9 Å². The Balaban J connectivity index is 1.95. The first-order chi connectivity index (χ1) is 10.1. The summed E-state index contributed by atoms with van der Waals surface area (Å²) in [7, 11) is 1.69. The van der Waals surface area contributed by atoms with Crippen LogP contribution < -0.4 is 15.4 Å². The molecule has 1 atom stereocenters. The van der Waals surface area contributed by atoms with Crippen molar-refractivity contribution in [3.05, 3.63) is 29.3 Å². The second kappa shape index (κ2) is 7.46. The van der Waals surface area contributed by atoms with E-state index in [4.69, 9.17) is 4.74 Å². The van der Waals surface area contributed by atoms with Gasteiger partial charge in [0.25, 0.3) is 0 Å². The molecule has 0 heterocycles. The van der Waals surface area contributed by atoms with Crippen molar-refractivity contribution >= 4 is 5.91 Å². The van der Waals surface area contributed by atoms with E-state index in [0.29, 0.717) is 12.5 Å². The molecular weight excluding hydrogens is 264 g/mol. The molecule has 21 heavy (non-hydrogen) atoms. The van der Waals surface area contributed by atoms with Gasteiger partial charge in [0.15, 0.2) is 0 Å². The van der Waals surface area contributed by atoms with Gasteiger partial charge in [-0.25, -0.2) is 0 Å². The number of carbonyl (C=O) groups excluding carboxylic acids is 1. The van der Waals surface area contributed by atoms with Crippen molar-refractivity contribution < 1.29 is 9.53 Å². The van der Waals surface area contributed by atoms with E-state index in [2.05, 4.69) is 36.6 Å². The molecule has 1 unspecified atom stereocenters. The normalized spacial score (nSPS) is 17.4. The number of carbonyl (C=O) groups is 1. The molecule has 116 valence electrons. The maximum Gasteiger partial charge on any atom is 0.233 e. The highest BCUT2D eigenvalue weighted by molar-refractivity contribution is 5.78. The first-order valence-corrected chi connectivity index (χ1v) is 7.77. The number of methoxy groups -OCH3 is 1. The summed E-state index contributed by atoms with van der Waals surface area (Å²) < 4.78 is 5.31. The smallest absolute Gasteiger partial charge is 0.233 e. The molecule has 0 bridgehead atoms. The second-order valence-electron chi connectivity index (χ2n) is 6.09. The zero-order valence-corrected chi connectivity index (χ0v) is 13.2. The van der Waals surface area contributed by atoms with Crippen LogP contribution in [0.15, 0.2) is 18.2 Å². The van der Waals surface area contributed by atoms with E-state index >= 15 is 0 Å². The van der Waals surface area contributed by atoms with Crippen molar-refractivity contribution in [1.82, 2.24) is 10.6 Å². The molecule has 0 saturated carbocycles. The molecule has 1 aromatic rings. The first kappa shape index (κ1) is 15.8. The van der Waals surface area contributed by atoms with E-state index < -0.39 is 0 Å². The molecule has 1 aliphatic carbocycles. The van der Waals surface area contributed by atoms with Crippen LogP contribution in [0, 0.1) is 5.92 Å². The molecule has 0 spiro atoms. The fourth-order valence-corrected chi connectivity index (χ4v) is 2.71. The Kier molecular flexibility index (Phi) is 5.62. The van der Waals surface area contributed by atoms with Gasteiger partial charge < -0.3 is 15.4 Å². The predicted octanol–water partition coefficient (Wildman–Crippen LogP) is 2.43. The Hall–Kier alpha value is -1.55. The fourth-order valence-electron chi connectivity index (χ4n) is 2.71. The Morgan fingerprint density at radius 2 is 2.24 bits per heavy atom. The number of fused-ring (bicyclic) bond motifs is 1. The summed E-state index contributed by atoms with van der Waals surface area (Å²) in [6, 6.07) is 6.49. The largest absolute Gasteiger partial charge is 0.497 e. The molecule has 1 aromatic carbocycles. The van der Waals surface area contributed by atoms with Gasteiger partial charge in [-0.3, -0.25) is 4.79 Å². The standard InChI is InChI=1S/C17H26N2O2/c1-12(2)10-19-17(20)11-18-16-6-4-5-13-7-8-14(21-3)9-15(13)16/h7-9,12,16,18H,4-6,10-11H2,1-3H3,(H,19,20). The molecule has 1 aliphatic rings. The maximum atomic E-state index is 11.8. The molecule has 0 radical (unpaired) electrons. The molecule has 1 amide bonds. The van der Waals surface area contributed by atoms with Crippen LogP contribution in [0.3, 0.4) is 0 Å². The number of aryl methyl sites for hydroxylation is 1. The predicted molar refractivity (Wildman–Crippen MR) is 84.5 cm³/mol. The first-order valence-electron chi connectivity index (χ1n) is 7.77. The number of amides is 1. The molecule has 0 fully saturated rings. The minimum Gasteiger partial charge on any atom is -0.497 e. The lowest BCUT2D eigenvalue weighted by Crippen LogP contribution is -2.38. The molecule has 0 aliphatic heterocycles. The summed E-state index contributed by atoms with van der Waals surface area (Å²) in [5, 5.41) is 6.33. The van der Waals surface area contributed by atoms with Crippen LogP contribution in [-0.4, -0.2) is 26.1 Å². The van der Waals surface area contributed by atoms with Gasteiger partial charge in [0.1, 0.15) is 5.75 Å². The van der Waals surface area contributed by atoms with Gasteiger partial charge in [0.2, 0.25) is 5.91 Å². The summed E-state index contributed by atoms with van der Waals surface area (Å²) in [5.41, 5.74) is 2.64. The number of benzene rings is 1. The lowest BCUT2D eigenvalue weighted by Gasteiger charge is -2.27. The van der Waals surface area contributed by atoms with Gasteiger partial charge in [-0.15, -0.1) is 0 Å². The third-order valence-corrected chi connectivity index (χ3v) is 3.88. The van der Waals surface area contributed by atoms with Crippen molar-refractivity contribution in [3.63, 3.8) is 0 Å². The van der Waals surface area contributed by atoms with Crippen LogP contribution >= 0.6 is 0 Å². The SMILES string of the molecule is COc1ccc2c(c1)C(NCC(=O)NCC(C)C)CCC2. The van der Waals surface area contributed by atoms with Crippen LogP contribution in [0.1, 0.15) is 43.9 Å². The Labute approximate surface area is 127 Å².